The second-order valence-electron chi connectivity index (χ2n) is 3.84. The summed E-state index contributed by atoms with van der Waals surface area (Å²) in [5.41, 5.74) is -0.144. The standard InChI is InChI=1S/C9H11N3O4S/c13-9(14)7-3-11-8(4-10-7)12-6-1-2-17(15,16)5-6/h3-4,6H,1-2,5H2,(H,11,12)(H,13,14). The Bertz CT molecular complexity index is 526. The van der Waals surface area contributed by atoms with Gasteiger partial charge in [-0.3, -0.25) is 0 Å². The maximum absolute atomic E-state index is 11.2. The smallest absolute Gasteiger partial charge is 0.356 e. The molecule has 2 rings (SSSR count). The quantitative estimate of drug-likeness (QED) is 0.769. The SMILES string of the molecule is O=C(O)c1cnc(NC2CCS(=O)(=O)C2)cn1. The van der Waals surface area contributed by atoms with Gasteiger partial charge in [-0.25, -0.2) is 23.2 Å². The molecule has 17 heavy (non-hydrogen) atoms. The van der Waals surface area contributed by atoms with Crippen molar-refractivity contribution < 1.29 is 18.3 Å². The van der Waals surface area contributed by atoms with Crippen molar-refractivity contribution in [3.63, 3.8) is 0 Å². The molecular formula is C9H11N3O4S. The van der Waals surface area contributed by atoms with Crippen molar-refractivity contribution in [1.29, 1.82) is 0 Å². The van der Waals surface area contributed by atoms with E-state index in [1.54, 1.807) is 0 Å². The molecule has 1 aromatic rings. The summed E-state index contributed by atoms with van der Waals surface area (Å²) in [7, 11) is -2.94. The largest absolute Gasteiger partial charge is 0.476 e. The number of nitrogens with zero attached hydrogens (tertiary/aromatic N) is 2. The number of hydrogen-bond donors (Lipinski definition) is 2. The van der Waals surface area contributed by atoms with Crippen LogP contribution >= 0.6 is 0 Å². The van der Waals surface area contributed by atoms with Gasteiger partial charge >= 0.3 is 5.97 Å². The number of hydrogen-bond acceptors (Lipinski definition) is 6. The Balaban J connectivity index is 2.03. The fourth-order valence-corrected chi connectivity index (χ4v) is 3.30. The molecule has 7 nitrogen and oxygen atoms in total. The van der Waals surface area contributed by atoms with Gasteiger partial charge in [0, 0.05) is 6.04 Å². The van der Waals surface area contributed by atoms with E-state index in [1.165, 1.54) is 6.20 Å². The van der Waals surface area contributed by atoms with Crippen LogP contribution < -0.4 is 5.32 Å². The molecule has 92 valence electrons. The average molecular weight is 257 g/mol. The fourth-order valence-electron chi connectivity index (χ4n) is 1.63. The maximum atomic E-state index is 11.2. The zero-order chi connectivity index (χ0) is 12.5. The Morgan fingerprint density at radius 3 is 2.65 bits per heavy atom. The molecule has 1 aliphatic heterocycles. The lowest BCUT2D eigenvalue weighted by Crippen LogP contribution is -2.21. The first-order valence-corrected chi connectivity index (χ1v) is 6.81. The predicted molar refractivity (Wildman–Crippen MR) is 59.7 cm³/mol. The Kier molecular flexibility index (Phi) is 2.97. The molecule has 2 N–H and O–H groups in total. The monoisotopic (exact) mass is 257 g/mol. The number of nitrogens with one attached hydrogen (secondary N) is 1. The molecule has 0 saturated carbocycles. The predicted octanol–water partition coefficient (Wildman–Crippen LogP) is -0.226. The lowest BCUT2D eigenvalue weighted by atomic mass is 10.3. The van der Waals surface area contributed by atoms with E-state index in [2.05, 4.69) is 15.3 Å². The molecule has 0 aliphatic carbocycles. The van der Waals surface area contributed by atoms with E-state index in [4.69, 9.17) is 5.11 Å². The van der Waals surface area contributed by atoms with Gasteiger partial charge < -0.3 is 10.4 Å². The van der Waals surface area contributed by atoms with E-state index in [0.717, 1.165) is 6.20 Å². The first-order valence-electron chi connectivity index (χ1n) is 4.98. The van der Waals surface area contributed by atoms with E-state index in [0.29, 0.717) is 12.2 Å². The molecule has 1 fully saturated rings. The molecule has 2 heterocycles. The van der Waals surface area contributed by atoms with Gasteiger partial charge in [-0.15, -0.1) is 0 Å². The lowest BCUT2D eigenvalue weighted by Gasteiger charge is -2.10. The summed E-state index contributed by atoms with van der Waals surface area (Å²) < 4.78 is 22.4. The Labute approximate surface area is 97.8 Å². The van der Waals surface area contributed by atoms with Crippen LogP contribution in [0.1, 0.15) is 16.9 Å². The molecule has 1 atom stereocenters. The third-order valence-electron chi connectivity index (χ3n) is 2.46. The summed E-state index contributed by atoms with van der Waals surface area (Å²) in [6.07, 6.45) is 2.95. The van der Waals surface area contributed by atoms with Crippen molar-refractivity contribution in [2.75, 3.05) is 16.8 Å². The van der Waals surface area contributed by atoms with Gasteiger partial charge in [0.25, 0.3) is 0 Å². The van der Waals surface area contributed by atoms with Crippen LogP contribution in [0, 0.1) is 0 Å². The zero-order valence-electron chi connectivity index (χ0n) is 8.83. The average Bonchev–Trinajstić information content (AvgIpc) is 2.59. The van der Waals surface area contributed by atoms with Crippen molar-refractivity contribution in [3.05, 3.63) is 18.1 Å². The minimum atomic E-state index is -2.94. The number of aromatic carboxylic acids is 1. The van der Waals surface area contributed by atoms with Crippen LogP contribution in [0.2, 0.25) is 0 Å². The number of sulfone groups is 1. The van der Waals surface area contributed by atoms with Crippen molar-refractivity contribution in [2.24, 2.45) is 0 Å². The van der Waals surface area contributed by atoms with Crippen LogP contribution in [0.4, 0.5) is 5.82 Å². The highest BCUT2D eigenvalue weighted by atomic mass is 32.2. The highest BCUT2D eigenvalue weighted by Gasteiger charge is 2.27. The summed E-state index contributed by atoms with van der Waals surface area (Å²) in [5, 5.41) is 11.5. The normalized spacial score (nSPS) is 22.2. The molecule has 0 spiro atoms. The molecule has 0 radical (unpaired) electrons. The van der Waals surface area contributed by atoms with Gasteiger partial charge in [0.15, 0.2) is 15.5 Å². The second-order valence-corrected chi connectivity index (χ2v) is 6.07. The van der Waals surface area contributed by atoms with Gasteiger partial charge in [-0.1, -0.05) is 0 Å². The summed E-state index contributed by atoms with van der Waals surface area (Å²) in [5.74, 6) is -0.509. The molecule has 1 aromatic heterocycles. The minimum absolute atomic E-state index is 0.0787. The third kappa shape index (κ3) is 2.90. The topological polar surface area (TPSA) is 109 Å². The number of aromatic nitrogens is 2. The van der Waals surface area contributed by atoms with Gasteiger partial charge in [-0.2, -0.15) is 0 Å². The first kappa shape index (κ1) is 11.8. The molecule has 1 unspecified atom stereocenters. The first-order chi connectivity index (χ1) is 7.96. The molecule has 8 heteroatoms. The Morgan fingerprint density at radius 2 is 2.18 bits per heavy atom. The molecular weight excluding hydrogens is 246 g/mol. The number of carboxylic acids is 1. The number of carboxylic acid groups (broad SMARTS) is 1. The van der Waals surface area contributed by atoms with Crippen LogP contribution in [0.3, 0.4) is 0 Å². The van der Waals surface area contributed by atoms with Gasteiger partial charge in [0.2, 0.25) is 0 Å². The van der Waals surface area contributed by atoms with E-state index in [1.807, 2.05) is 0 Å². The van der Waals surface area contributed by atoms with Crippen LogP contribution in [0.5, 0.6) is 0 Å². The van der Waals surface area contributed by atoms with Crippen molar-refractivity contribution in [3.8, 4) is 0 Å². The Morgan fingerprint density at radius 1 is 1.41 bits per heavy atom. The third-order valence-corrected chi connectivity index (χ3v) is 4.22. The number of carbonyl (C=O) groups is 1. The lowest BCUT2D eigenvalue weighted by molar-refractivity contribution is 0.0690. The van der Waals surface area contributed by atoms with Gasteiger partial charge in [0.05, 0.1) is 23.9 Å². The molecule has 0 aromatic carbocycles. The molecule has 1 aliphatic rings. The maximum Gasteiger partial charge on any atom is 0.356 e. The molecule has 1 saturated heterocycles. The number of rotatable bonds is 3. The van der Waals surface area contributed by atoms with Gasteiger partial charge in [0.1, 0.15) is 5.82 Å². The van der Waals surface area contributed by atoms with E-state index < -0.39 is 15.8 Å². The van der Waals surface area contributed by atoms with E-state index in [-0.39, 0.29) is 23.2 Å². The van der Waals surface area contributed by atoms with Crippen LogP contribution in [0.25, 0.3) is 0 Å². The summed E-state index contributed by atoms with van der Waals surface area (Å²) in [6, 6.07) is -0.176. The second kappa shape index (κ2) is 4.28. The van der Waals surface area contributed by atoms with Crippen LogP contribution in [0.15, 0.2) is 12.4 Å². The van der Waals surface area contributed by atoms with Crippen LogP contribution in [-0.4, -0.2) is 47.0 Å². The van der Waals surface area contributed by atoms with E-state index >= 15 is 0 Å². The fraction of sp³-hybridized carbons (Fsp3) is 0.444. The van der Waals surface area contributed by atoms with Gasteiger partial charge in [-0.05, 0) is 6.42 Å². The molecule has 0 bridgehead atoms. The highest BCUT2D eigenvalue weighted by Crippen LogP contribution is 2.15. The highest BCUT2D eigenvalue weighted by molar-refractivity contribution is 7.91. The summed E-state index contributed by atoms with van der Waals surface area (Å²) in [4.78, 5) is 18.1. The van der Waals surface area contributed by atoms with Crippen molar-refractivity contribution >= 4 is 21.6 Å². The summed E-state index contributed by atoms with van der Waals surface area (Å²) >= 11 is 0. The molecule has 0 amide bonds. The summed E-state index contributed by atoms with van der Waals surface area (Å²) in [6.45, 7) is 0. The minimum Gasteiger partial charge on any atom is -0.476 e. The van der Waals surface area contributed by atoms with Crippen molar-refractivity contribution in [2.45, 2.75) is 12.5 Å². The number of anilines is 1. The zero-order valence-corrected chi connectivity index (χ0v) is 9.64. The Hall–Kier alpha value is -1.70. The van der Waals surface area contributed by atoms with E-state index in [9.17, 15) is 13.2 Å². The van der Waals surface area contributed by atoms with Crippen molar-refractivity contribution in [1.82, 2.24) is 9.97 Å². The van der Waals surface area contributed by atoms with Crippen LogP contribution in [-0.2, 0) is 9.84 Å².